The van der Waals surface area contributed by atoms with Crippen LogP contribution >= 0.6 is 0 Å². The van der Waals surface area contributed by atoms with Crippen LogP contribution in [0.2, 0.25) is 0 Å². The van der Waals surface area contributed by atoms with Gasteiger partial charge in [0.25, 0.3) is 11.8 Å². The van der Waals surface area contributed by atoms with Gasteiger partial charge in [0.2, 0.25) is 0 Å². The summed E-state index contributed by atoms with van der Waals surface area (Å²) >= 11 is 0. The van der Waals surface area contributed by atoms with Gasteiger partial charge in [-0.2, -0.15) is 4.98 Å². The number of amides is 1. The molecule has 3 aromatic heterocycles. The summed E-state index contributed by atoms with van der Waals surface area (Å²) in [4.78, 5) is 16.2. The van der Waals surface area contributed by atoms with Gasteiger partial charge in [0.1, 0.15) is 11.6 Å². The van der Waals surface area contributed by atoms with E-state index in [1.54, 1.807) is 29.7 Å². The lowest BCUT2D eigenvalue weighted by Gasteiger charge is -2.05. The number of nitrogens with one attached hydrogen (secondary N) is 1. The van der Waals surface area contributed by atoms with Gasteiger partial charge in [-0.25, -0.2) is 8.78 Å². The van der Waals surface area contributed by atoms with Crippen LogP contribution in [-0.2, 0) is 6.54 Å². The lowest BCUT2D eigenvalue weighted by molar-refractivity contribution is 0.0945. The molecular weight excluding hydrogens is 358 g/mol. The fraction of sp³-hybridized carbons (Fsp3) is 0.118. The number of aryl methyl sites for hydroxylation is 1. The van der Waals surface area contributed by atoms with E-state index >= 15 is 0 Å². The quantitative estimate of drug-likeness (QED) is 0.592. The molecule has 1 amide bonds. The highest BCUT2D eigenvalue weighted by Gasteiger charge is 2.15. The minimum absolute atomic E-state index is 0.0189. The maximum absolute atomic E-state index is 13.7. The molecule has 4 aromatic rings. The molecule has 1 N–H and O–H groups in total. The third kappa shape index (κ3) is 3.24. The van der Waals surface area contributed by atoms with Crippen molar-refractivity contribution >= 4 is 11.6 Å². The summed E-state index contributed by atoms with van der Waals surface area (Å²) in [6, 6.07) is 6.13. The van der Waals surface area contributed by atoms with Crippen LogP contribution in [0.3, 0.4) is 0 Å². The molecule has 8 nitrogen and oxygen atoms in total. The highest BCUT2D eigenvalue weighted by molar-refractivity contribution is 5.94. The Hall–Kier alpha value is -3.69. The van der Waals surface area contributed by atoms with Crippen molar-refractivity contribution in [3.05, 3.63) is 65.4 Å². The minimum Gasteiger partial charge on any atom is -0.345 e. The van der Waals surface area contributed by atoms with Crippen molar-refractivity contribution in [2.45, 2.75) is 13.5 Å². The van der Waals surface area contributed by atoms with E-state index in [0.717, 1.165) is 18.2 Å². The molecule has 0 fully saturated rings. The number of halogens is 2. The summed E-state index contributed by atoms with van der Waals surface area (Å²) in [7, 11) is 0. The van der Waals surface area contributed by atoms with Crippen LogP contribution in [0.5, 0.6) is 0 Å². The first-order valence-electron chi connectivity index (χ1n) is 7.89. The molecule has 0 aliphatic heterocycles. The second-order valence-corrected chi connectivity index (χ2v) is 5.71. The molecule has 0 saturated heterocycles. The van der Waals surface area contributed by atoms with Crippen molar-refractivity contribution in [1.29, 1.82) is 0 Å². The third-order valence-electron chi connectivity index (χ3n) is 3.84. The molecule has 1 aromatic carbocycles. The van der Waals surface area contributed by atoms with Crippen LogP contribution < -0.4 is 5.32 Å². The lowest BCUT2D eigenvalue weighted by atomic mass is 10.2. The van der Waals surface area contributed by atoms with Crippen molar-refractivity contribution in [3.63, 3.8) is 0 Å². The Labute approximate surface area is 150 Å². The molecule has 0 aliphatic rings. The van der Waals surface area contributed by atoms with Gasteiger partial charge < -0.3 is 9.84 Å². The van der Waals surface area contributed by atoms with Crippen molar-refractivity contribution in [2.24, 2.45) is 0 Å². The number of hydrogen-bond donors (Lipinski definition) is 1. The Morgan fingerprint density at radius 3 is 2.85 bits per heavy atom. The number of pyridine rings is 1. The SMILES string of the molecule is Cc1noc(-c2ccn3c(CNC(=O)c4cc(F)ccc4F)nnc3c2)n1. The zero-order valence-corrected chi connectivity index (χ0v) is 14.0. The van der Waals surface area contributed by atoms with Gasteiger partial charge in [-0.05, 0) is 37.3 Å². The Kier molecular flexibility index (Phi) is 4.07. The zero-order chi connectivity index (χ0) is 19.0. The standard InChI is InChI=1S/C17H12F2N6O2/c1-9-21-17(27-24-9)10-4-5-25-14(6-10)22-23-15(25)8-20-16(26)12-7-11(18)2-3-13(12)19/h2-7H,8H2,1H3,(H,20,26). The molecular formula is C17H12F2N6O2. The van der Waals surface area contributed by atoms with Gasteiger partial charge in [0.05, 0.1) is 12.1 Å². The van der Waals surface area contributed by atoms with Crippen molar-refractivity contribution < 1.29 is 18.1 Å². The Morgan fingerprint density at radius 2 is 2.07 bits per heavy atom. The Balaban J connectivity index is 1.54. The normalized spacial score (nSPS) is 11.1. The zero-order valence-electron chi connectivity index (χ0n) is 14.0. The van der Waals surface area contributed by atoms with E-state index in [2.05, 4.69) is 25.7 Å². The van der Waals surface area contributed by atoms with Crippen LogP contribution in [0.1, 0.15) is 22.0 Å². The topological polar surface area (TPSA) is 98.2 Å². The van der Waals surface area contributed by atoms with Gasteiger partial charge in [0, 0.05) is 11.8 Å². The fourth-order valence-corrected chi connectivity index (χ4v) is 2.53. The van der Waals surface area contributed by atoms with E-state index < -0.39 is 17.5 Å². The number of carbonyl (C=O) groups excluding carboxylic acids is 1. The van der Waals surface area contributed by atoms with E-state index in [1.807, 2.05) is 0 Å². The molecule has 0 unspecified atom stereocenters. The van der Waals surface area contributed by atoms with E-state index in [4.69, 9.17) is 4.52 Å². The number of hydrogen-bond acceptors (Lipinski definition) is 6. The van der Waals surface area contributed by atoms with Crippen molar-refractivity contribution in [3.8, 4) is 11.5 Å². The molecule has 0 atom stereocenters. The molecule has 4 rings (SSSR count). The van der Waals surface area contributed by atoms with Crippen molar-refractivity contribution in [1.82, 2.24) is 30.1 Å². The largest absolute Gasteiger partial charge is 0.345 e. The number of nitrogens with zero attached hydrogens (tertiary/aromatic N) is 5. The van der Waals surface area contributed by atoms with Crippen LogP contribution in [0.4, 0.5) is 8.78 Å². The first-order valence-corrected chi connectivity index (χ1v) is 7.89. The van der Waals surface area contributed by atoms with Gasteiger partial charge in [-0.15, -0.1) is 10.2 Å². The summed E-state index contributed by atoms with van der Waals surface area (Å²) in [5.74, 6) is -0.961. The summed E-state index contributed by atoms with van der Waals surface area (Å²) in [5.41, 5.74) is 0.801. The summed E-state index contributed by atoms with van der Waals surface area (Å²) in [6.07, 6.45) is 1.69. The second kappa shape index (κ2) is 6.56. The minimum atomic E-state index is -0.806. The van der Waals surface area contributed by atoms with E-state index in [1.165, 1.54) is 0 Å². The van der Waals surface area contributed by atoms with E-state index in [9.17, 15) is 13.6 Å². The van der Waals surface area contributed by atoms with E-state index in [-0.39, 0.29) is 12.1 Å². The van der Waals surface area contributed by atoms with Crippen LogP contribution in [0.15, 0.2) is 41.1 Å². The molecule has 0 aliphatic carbocycles. The van der Waals surface area contributed by atoms with Crippen molar-refractivity contribution in [2.75, 3.05) is 0 Å². The predicted octanol–water partition coefficient (Wildman–Crippen LogP) is 2.30. The molecule has 136 valence electrons. The van der Waals surface area contributed by atoms with Gasteiger partial charge >= 0.3 is 0 Å². The van der Waals surface area contributed by atoms with Crippen LogP contribution in [-0.4, -0.2) is 30.6 Å². The first kappa shape index (κ1) is 16.8. The number of fused-ring (bicyclic) bond motifs is 1. The van der Waals surface area contributed by atoms with Crippen LogP contribution in [0.25, 0.3) is 17.1 Å². The van der Waals surface area contributed by atoms with Gasteiger partial charge in [-0.3, -0.25) is 9.20 Å². The second-order valence-electron chi connectivity index (χ2n) is 5.71. The van der Waals surface area contributed by atoms with Gasteiger partial charge in [0.15, 0.2) is 17.3 Å². The van der Waals surface area contributed by atoms with Crippen LogP contribution in [0, 0.1) is 18.6 Å². The first-order chi connectivity index (χ1) is 13.0. The average molecular weight is 370 g/mol. The molecule has 0 saturated carbocycles. The predicted molar refractivity (Wildman–Crippen MR) is 88.5 cm³/mol. The molecule has 0 radical (unpaired) electrons. The monoisotopic (exact) mass is 370 g/mol. The summed E-state index contributed by atoms with van der Waals surface area (Å²) in [5, 5.41) is 14.3. The van der Waals surface area contributed by atoms with E-state index in [0.29, 0.717) is 28.8 Å². The summed E-state index contributed by atoms with van der Waals surface area (Å²) < 4.78 is 33.6. The molecule has 0 spiro atoms. The van der Waals surface area contributed by atoms with Gasteiger partial charge in [-0.1, -0.05) is 5.16 Å². The highest BCUT2D eigenvalue weighted by atomic mass is 19.1. The number of carbonyl (C=O) groups is 1. The molecule has 0 bridgehead atoms. The maximum atomic E-state index is 13.7. The smallest absolute Gasteiger partial charge is 0.258 e. The molecule has 3 heterocycles. The molecule has 10 heteroatoms. The average Bonchev–Trinajstić information content (AvgIpc) is 3.27. The number of aromatic nitrogens is 5. The third-order valence-corrected chi connectivity index (χ3v) is 3.84. The fourth-order valence-electron chi connectivity index (χ4n) is 2.53. The number of rotatable bonds is 4. The highest BCUT2D eigenvalue weighted by Crippen LogP contribution is 2.19. The molecule has 27 heavy (non-hydrogen) atoms. The lowest BCUT2D eigenvalue weighted by Crippen LogP contribution is -2.25. The maximum Gasteiger partial charge on any atom is 0.258 e. The Morgan fingerprint density at radius 1 is 1.22 bits per heavy atom. The summed E-state index contributed by atoms with van der Waals surface area (Å²) in [6.45, 7) is 1.69. The number of benzene rings is 1. The Bertz CT molecular complexity index is 1150.